The lowest BCUT2D eigenvalue weighted by atomic mass is 9.87. The largest absolute Gasteiger partial charge is 0.354 e. The number of nitrogens with one attached hydrogen (secondary N) is 1. The Bertz CT molecular complexity index is 599. The van der Waals surface area contributed by atoms with E-state index in [0.717, 1.165) is 25.6 Å². The van der Waals surface area contributed by atoms with E-state index in [0.29, 0.717) is 4.75 Å². The predicted molar refractivity (Wildman–Crippen MR) is 111 cm³/mol. The van der Waals surface area contributed by atoms with Crippen molar-refractivity contribution in [3.63, 3.8) is 0 Å². The molecule has 0 bridgehead atoms. The molecule has 0 amide bonds. The SMILES string of the molecule is CN=C(NCC(c1cnn(C)c1)N(C)C)N1CCSC2(CCCCC2)C1. The molecule has 1 unspecified atom stereocenters. The second-order valence-electron chi connectivity index (χ2n) is 7.87. The van der Waals surface area contributed by atoms with Crippen LogP contribution in [0.2, 0.25) is 0 Å². The lowest BCUT2D eigenvalue weighted by molar-refractivity contribution is 0.278. The molecule has 2 heterocycles. The molecule has 26 heavy (non-hydrogen) atoms. The first-order valence-electron chi connectivity index (χ1n) is 9.77. The highest BCUT2D eigenvalue weighted by Crippen LogP contribution is 2.42. The first kappa shape index (κ1) is 19.5. The number of rotatable bonds is 4. The molecule has 7 heteroatoms. The smallest absolute Gasteiger partial charge is 0.193 e. The molecule has 1 aliphatic heterocycles. The maximum Gasteiger partial charge on any atom is 0.193 e. The molecule has 1 aromatic heterocycles. The van der Waals surface area contributed by atoms with Gasteiger partial charge in [-0.25, -0.2) is 0 Å². The highest BCUT2D eigenvalue weighted by Gasteiger charge is 2.38. The number of guanidine groups is 1. The van der Waals surface area contributed by atoms with Gasteiger partial charge in [-0.2, -0.15) is 16.9 Å². The van der Waals surface area contributed by atoms with E-state index in [-0.39, 0.29) is 6.04 Å². The molecule has 0 aromatic carbocycles. The zero-order valence-corrected chi connectivity index (χ0v) is 17.6. The molecule has 2 fully saturated rings. The van der Waals surface area contributed by atoms with Crippen LogP contribution in [0.25, 0.3) is 0 Å². The molecule has 1 saturated heterocycles. The Kier molecular flexibility index (Phi) is 6.51. The maximum absolute atomic E-state index is 4.60. The molecule has 1 atom stereocenters. The maximum atomic E-state index is 4.60. The van der Waals surface area contributed by atoms with Crippen molar-refractivity contribution in [2.75, 3.05) is 46.5 Å². The van der Waals surface area contributed by atoms with Crippen molar-refractivity contribution < 1.29 is 0 Å². The van der Waals surface area contributed by atoms with Crippen LogP contribution in [-0.4, -0.2) is 76.8 Å². The van der Waals surface area contributed by atoms with Crippen molar-refractivity contribution in [2.24, 2.45) is 12.0 Å². The van der Waals surface area contributed by atoms with E-state index in [9.17, 15) is 0 Å². The first-order valence-corrected chi connectivity index (χ1v) is 10.8. The van der Waals surface area contributed by atoms with Crippen molar-refractivity contribution in [2.45, 2.75) is 42.9 Å². The number of thioether (sulfide) groups is 1. The number of likely N-dealkylation sites (N-methyl/N-ethyl adjacent to an activating group) is 1. The minimum absolute atomic E-state index is 0.281. The molecule has 1 aliphatic carbocycles. The highest BCUT2D eigenvalue weighted by molar-refractivity contribution is 8.00. The zero-order chi connectivity index (χ0) is 18.6. The molecular formula is C19H34N6S. The van der Waals surface area contributed by atoms with E-state index in [1.807, 2.05) is 25.0 Å². The van der Waals surface area contributed by atoms with Crippen LogP contribution in [0, 0.1) is 0 Å². The molecule has 1 N–H and O–H groups in total. The van der Waals surface area contributed by atoms with Crippen molar-refractivity contribution in [3.8, 4) is 0 Å². The van der Waals surface area contributed by atoms with Crippen LogP contribution >= 0.6 is 11.8 Å². The average molecular weight is 379 g/mol. The Morgan fingerprint density at radius 3 is 2.77 bits per heavy atom. The molecule has 3 rings (SSSR count). The van der Waals surface area contributed by atoms with Gasteiger partial charge in [0, 0.05) is 56.0 Å². The molecular weight excluding hydrogens is 344 g/mol. The molecule has 2 aliphatic rings. The summed E-state index contributed by atoms with van der Waals surface area (Å²) in [7, 11) is 8.12. The Balaban J connectivity index is 1.63. The Labute approximate surface area is 162 Å². The van der Waals surface area contributed by atoms with Crippen molar-refractivity contribution in [1.29, 1.82) is 0 Å². The zero-order valence-electron chi connectivity index (χ0n) is 16.7. The van der Waals surface area contributed by atoms with Gasteiger partial charge in [-0.15, -0.1) is 0 Å². The summed E-state index contributed by atoms with van der Waals surface area (Å²) < 4.78 is 2.33. The lowest BCUT2D eigenvalue weighted by Gasteiger charge is -2.45. The van der Waals surface area contributed by atoms with Crippen molar-refractivity contribution >= 4 is 17.7 Å². The number of aryl methyl sites for hydroxylation is 1. The van der Waals surface area contributed by atoms with Gasteiger partial charge < -0.3 is 15.1 Å². The van der Waals surface area contributed by atoms with Crippen molar-refractivity contribution in [1.82, 2.24) is 24.9 Å². The second kappa shape index (κ2) is 8.65. The summed E-state index contributed by atoms with van der Waals surface area (Å²) in [4.78, 5) is 9.33. The molecule has 1 aromatic rings. The van der Waals surface area contributed by atoms with Gasteiger partial charge in [-0.3, -0.25) is 9.67 Å². The number of aromatic nitrogens is 2. The summed E-state index contributed by atoms with van der Waals surface area (Å²) in [6.07, 6.45) is 11.0. The summed E-state index contributed by atoms with van der Waals surface area (Å²) >= 11 is 2.20. The lowest BCUT2D eigenvalue weighted by Crippen LogP contribution is -2.54. The van der Waals surface area contributed by atoms with E-state index >= 15 is 0 Å². The van der Waals surface area contributed by atoms with E-state index in [4.69, 9.17) is 0 Å². The number of hydrogen-bond donors (Lipinski definition) is 1. The van der Waals surface area contributed by atoms with Crippen LogP contribution in [-0.2, 0) is 7.05 Å². The third-order valence-electron chi connectivity index (χ3n) is 5.71. The first-order chi connectivity index (χ1) is 12.5. The summed E-state index contributed by atoms with van der Waals surface area (Å²) in [5.41, 5.74) is 1.23. The number of hydrogen-bond acceptors (Lipinski definition) is 4. The molecule has 6 nitrogen and oxygen atoms in total. The van der Waals surface area contributed by atoms with Crippen LogP contribution in [0.4, 0.5) is 0 Å². The number of aliphatic imine (C=N–C) groups is 1. The Hall–Kier alpha value is -1.21. The van der Waals surface area contributed by atoms with Gasteiger partial charge in [0.2, 0.25) is 0 Å². The van der Waals surface area contributed by atoms with Crippen LogP contribution in [0.3, 0.4) is 0 Å². The molecule has 1 saturated carbocycles. The highest BCUT2D eigenvalue weighted by atomic mass is 32.2. The molecule has 1 spiro atoms. The predicted octanol–water partition coefficient (Wildman–Crippen LogP) is 2.35. The number of nitrogens with zero attached hydrogens (tertiary/aromatic N) is 5. The summed E-state index contributed by atoms with van der Waals surface area (Å²) in [6.45, 7) is 3.06. The topological polar surface area (TPSA) is 48.7 Å². The standard InChI is InChI=1S/C19H34N6S/c1-20-18(21-13-17(23(2)3)16-12-22-24(4)14-16)25-10-11-26-19(15-25)8-6-5-7-9-19/h12,14,17H,5-11,13,15H2,1-4H3,(H,20,21). The van der Waals surface area contributed by atoms with Gasteiger partial charge in [0.25, 0.3) is 0 Å². The van der Waals surface area contributed by atoms with Crippen LogP contribution in [0.1, 0.15) is 43.7 Å². The normalized spacial score (nSPS) is 22.0. The van der Waals surface area contributed by atoms with E-state index in [2.05, 4.69) is 57.3 Å². The van der Waals surface area contributed by atoms with E-state index in [1.165, 1.54) is 43.4 Å². The summed E-state index contributed by atoms with van der Waals surface area (Å²) in [5, 5.41) is 7.97. The Morgan fingerprint density at radius 1 is 1.38 bits per heavy atom. The fourth-order valence-corrected chi connectivity index (χ4v) is 5.82. The quantitative estimate of drug-likeness (QED) is 0.644. The van der Waals surface area contributed by atoms with Crippen LogP contribution in [0.15, 0.2) is 17.4 Å². The van der Waals surface area contributed by atoms with Gasteiger partial charge in [0.15, 0.2) is 5.96 Å². The molecule has 146 valence electrons. The van der Waals surface area contributed by atoms with E-state index in [1.54, 1.807) is 0 Å². The Morgan fingerprint density at radius 2 is 2.15 bits per heavy atom. The average Bonchev–Trinajstić information content (AvgIpc) is 3.05. The van der Waals surface area contributed by atoms with Gasteiger partial charge >= 0.3 is 0 Å². The fraction of sp³-hybridized carbons (Fsp3) is 0.789. The van der Waals surface area contributed by atoms with Gasteiger partial charge in [0.05, 0.1) is 12.2 Å². The summed E-state index contributed by atoms with van der Waals surface area (Å²) in [5.74, 6) is 2.26. The molecule has 0 radical (unpaired) electrons. The monoisotopic (exact) mass is 378 g/mol. The fourth-order valence-electron chi connectivity index (χ4n) is 4.26. The second-order valence-corrected chi connectivity index (χ2v) is 9.43. The van der Waals surface area contributed by atoms with Gasteiger partial charge in [-0.05, 0) is 26.9 Å². The third-order valence-corrected chi connectivity index (χ3v) is 7.25. The van der Waals surface area contributed by atoms with Crippen molar-refractivity contribution in [3.05, 3.63) is 18.0 Å². The van der Waals surface area contributed by atoms with E-state index < -0.39 is 0 Å². The minimum atomic E-state index is 0.281. The van der Waals surface area contributed by atoms with Gasteiger partial charge in [-0.1, -0.05) is 19.3 Å². The third kappa shape index (κ3) is 4.55. The van der Waals surface area contributed by atoms with Crippen LogP contribution in [0.5, 0.6) is 0 Å². The minimum Gasteiger partial charge on any atom is -0.354 e. The van der Waals surface area contributed by atoms with Gasteiger partial charge in [0.1, 0.15) is 0 Å². The van der Waals surface area contributed by atoms with Crippen LogP contribution < -0.4 is 5.32 Å². The summed E-state index contributed by atoms with van der Waals surface area (Å²) in [6, 6.07) is 0.281.